The largest absolute Gasteiger partial charge is 0.508 e. The molecule has 2 N–H and O–H groups in total. The molecule has 1 aromatic heterocycles. The summed E-state index contributed by atoms with van der Waals surface area (Å²) in [7, 11) is 0. The van der Waals surface area contributed by atoms with Crippen molar-refractivity contribution in [2.24, 2.45) is 17.8 Å². The molecule has 1 aromatic carbocycles. The molecule has 2 unspecified atom stereocenters. The zero-order chi connectivity index (χ0) is 20.1. The summed E-state index contributed by atoms with van der Waals surface area (Å²) >= 11 is 2.43. The molecule has 1 saturated carbocycles. The van der Waals surface area contributed by atoms with Crippen LogP contribution < -0.4 is 4.74 Å². The Morgan fingerprint density at radius 1 is 1.32 bits per heavy atom. The molecule has 6 nitrogen and oxygen atoms in total. The maximum absolute atomic E-state index is 10.9. The molecule has 148 valence electrons. The van der Waals surface area contributed by atoms with Crippen LogP contribution in [-0.4, -0.2) is 26.7 Å². The third kappa shape index (κ3) is 4.98. The van der Waals surface area contributed by atoms with E-state index in [9.17, 15) is 15.2 Å². The number of phenols is 1. The molecular weight excluding hydrogens is 473 g/mol. The minimum absolute atomic E-state index is 0.0374. The Bertz CT molecular complexity index is 858. The van der Waals surface area contributed by atoms with E-state index in [2.05, 4.69) is 28.7 Å². The highest BCUT2D eigenvalue weighted by atomic mass is 127. The zero-order valence-electron chi connectivity index (χ0n) is 15.3. The van der Waals surface area contributed by atoms with Crippen LogP contribution in [0, 0.1) is 29.1 Å². The second-order valence-corrected chi connectivity index (χ2v) is 8.69. The number of aryl methyl sites for hydroxylation is 1. The molecule has 28 heavy (non-hydrogen) atoms. The van der Waals surface area contributed by atoms with Crippen LogP contribution in [0.4, 0.5) is 0 Å². The minimum atomic E-state index is -1.06. The van der Waals surface area contributed by atoms with Gasteiger partial charge in [-0.15, -0.1) is 0 Å². The number of carboxylic acid groups (broad SMARTS) is 1. The molecule has 1 fully saturated rings. The summed E-state index contributed by atoms with van der Waals surface area (Å²) < 4.78 is 11.6. The van der Waals surface area contributed by atoms with E-state index < -0.39 is 5.97 Å². The van der Waals surface area contributed by atoms with Crippen molar-refractivity contribution in [2.45, 2.75) is 29.6 Å². The number of aromatic carboxylic acids is 1. The summed E-state index contributed by atoms with van der Waals surface area (Å²) in [6.07, 6.45) is 3.30. The second kappa shape index (κ2) is 9.32. The SMILES string of the molecule is N#CC1CC(I)[C@H](CCCc2ccc(C(=O)O)o2)[C@H]1COc1cccc(O)c1. The number of ether oxygens (including phenoxy) is 1. The van der Waals surface area contributed by atoms with Crippen LogP contribution in [0.5, 0.6) is 11.5 Å². The number of alkyl halides is 1. The van der Waals surface area contributed by atoms with Gasteiger partial charge in [0.1, 0.15) is 17.3 Å². The fourth-order valence-corrected chi connectivity index (χ4v) is 5.29. The average molecular weight is 495 g/mol. The Hall–Kier alpha value is -2.21. The number of nitrogens with zero attached hydrogens (tertiary/aromatic N) is 1. The van der Waals surface area contributed by atoms with E-state index in [1.165, 1.54) is 6.07 Å². The second-order valence-electron chi connectivity index (χ2n) is 7.09. The summed E-state index contributed by atoms with van der Waals surface area (Å²) in [5, 5.41) is 28.1. The number of hydrogen-bond acceptors (Lipinski definition) is 5. The first-order valence-corrected chi connectivity index (χ1v) is 10.5. The Balaban J connectivity index is 1.58. The van der Waals surface area contributed by atoms with Gasteiger partial charge in [0.2, 0.25) is 5.76 Å². The standard InChI is InChI=1S/C21H22INO5/c22-19-9-13(11-23)18(12-27-16-5-1-3-14(24)10-16)17(19)6-2-4-15-7-8-20(28-15)21(25)26/h1,3,5,7-8,10,13,17-19,24H,2,4,6,9,12H2,(H,25,26)/t13?,17-,18+,19?/m1/s1. The van der Waals surface area contributed by atoms with Gasteiger partial charge in [-0.3, -0.25) is 0 Å². The number of halogens is 1. The summed E-state index contributed by atoms with van der Waals surface area (Å²) in [5.41, 5.74) is 0. The van der Waals surface area contributed by atoms with Crippen molar-refractivity contribution < 1.29 is 24.2 Å². The first-order valence-electron chi connectivity index (χ1n) is 9.25. The normalized spacial score (nSPS) is 24.0. The summed E-state index contributed by atoms with van der Waals surface area (Å²) in [6, 6.07) is 12.3. The lowest BCUT2D eigenvalue weighted by Gasteiger charge is -2.23. The number of aromatic hydroxyl groups is 1. The van der Waals surface area contributed by atoms with E-state index in [4.69, 9.17) is 14.3 Å². The molecule has 1 aliphatic rings. The van der Waals surface area contributed by atoms with Crippen molar-refractivity contribution in [3.05, 3.63) is 47.9 Å². The highest BCUT2D eigenvalue weighted by Crippen LogP contribution is 2.44. The van der Waals surface area contributed by atoms with Crippen LogP contribution in [0.2, 0.25) is 0 Å². The summed E-state index contributed by atoms with van der Waals surface area (Å²) in [6.45, 7) is 0.440. The molecule has 0 bridgehead atoms. The van der Waals surface area contributed by atoms with Crippen molar-refractivity contribution in [2.75, 3.05) is 6.61 Å². The number of phenolic OH excluding ortho intramolecular Hbond substituents is 1. The molecular formula is C21H22INO5. The van der Waals surface area contributed by atoms with Gasteiger partial charge >= 0.3 is 5.97 Å². The van der Waals surface area contributed by atoms with Crippen molar-refractivity contribution in [1.29, 1.82) is 5.26 Å². The highest BCUT2D eigenvalue weighted by molar-refractivity contribution is 14.1. The first kappa shape index (κ1) is 20.5. The van der Waals surface area contributed by atoms with Crippen LogP contribution in [0.25, 0.3) is 0 Å². The zero-order valence-corrected chi connectivity index (χ0v) is 17.4. The molecule has 4 atom stereocenters. The van der Waals surface area contributed by atoms with Gasteiger partial charge in [-0.2, -0.15) is 5.26 Å². The molecule has 2 aromatic rings. The third-order valence-electron chi connectivity index (χ3n) is 5.27. The van der Waals surface area contributed by atoms with Crippen molar-refractivity contribution in [3.63, 3.8) is 0 Å². The summed E-state index contributed by atoms with van der Waals surface area (Å²) in [5.74, 6) is 0.750. The summed E-state index contributed by atoms with van der Waals surface area (Å²) in [4.78, 5) is 10.9. The quantitative estimate of drug-likeness (QED) is 0.408. The number of carboxylic acids is 1. The monoisotopic (exact) mass is 495 g/mol. The topological polar surface area (TPSA) is 104 Å². The van der Waals surface area contributed by atoms with E-state index >= 15 is 0 Å². The molecule has 1 heterocycles. The number of nitriles is 1. The van der Waals surface area contributed by atoms with Crippen molar-refractivity contribution >= 4 is 28.6 Å². The van der Waals surface area contributed by atoms with E-state index in [-0.39, 0.29) is 23.3 Å². The van der Waals surface area contributed by atoms with Gasteiger partial charge in [0, 0.05) is 22.3 Å². The average Bonchev–Trinajstić information content (AvgIpc) is 3.25. The predicted octanol–water partition coefficient (Wildman–Crippen LogP) is 4.66. The lowest BCUT2D eigenvalue weighted by Crippen LogP contribution is -2.24. The molecule has 0 spiro atoms. The number of rotatable bonds is 8. The van der Waals surface area contributed by atoms with Crippen LogP contribution in [0.15, 0.2) is 40.8 Å². The van der Waals surface area contributed by atoms with Gasteiger partial charge in [0.05, 0.1) is 18.6 Å². The van der Waals surface area contributed by atoms with Gasteiger partial charge in [-0.05, 0) is 49.4 Å². The van der Waals surface area contributed by atoms with Crippen LogP contribution >= 0.6 is 22.6 Å². The fraction of sp³-hybridized carbons (Fsp3) is 0.429. The smallest absolute Gasteiger partial charge is 0.371 e. The fourth-order valence-electron chi connectivity index (χ4n) is 3.85. The van der Waals surface area contributed by atoms with Gasteiger partial charge in [-0.25, -0.2) is 4.79 Å². The van der Waals surface area contributed by atoms with E-state index in [1.807, 2.05) is 0 Å². The first-order chi connectivity index (χ1) is 13.5. The molecule has 0 aliphatic heterocycles. The van der Waals surface area contributed by atoms with E-state index in [0.29, 0.717) is 34.4 Å². The lowest BCUT2D eigenvalue weighted by molar-refractivity contribution is 0.0660. The van der Waals surface area contributed by atoms with E-state index in [0.717, 1.165) is 19.3 Å². The van der Waals surface area contributed by atoms with Gasteiger partial charge < -0.3 is 19.4 Å². The molecule has 1 aliphatic carbocycles. The van der Waals surface area contributed by atoms with Crippen molar-refractivity contribution in [3.8, 4) is 17.6 Å². The molecule has 7 heteroatoms. The Labute approximate surface area is 177 Å². The maximum Gasteiger partial charge on any atom is 0.371 e. The van der Waals surface area contributed by atoms with Crippen LogP contribution in [-0.2, 0) is 6.42 Å². The molecule has 0 radical (unpaired) electrons. The predicted molar refractivity (Wildman–Crippen MR) is 111 cm³/mol. The van der Waals surface area contributed by atoms with Gasteiger partial charge in [-0.1, -0.05) is 28.7 Å². The van der Waals surface area contributed by atoms with Gasteiger partial charge in [0.15, 0.2) is 0 Å². The van der Waals surface area contributed by atoms with E-state index in [1.54, 1.807) is 30.3 Å². The minimum Gasteiger partial charge on any atom is -0.508 e. The van der Waals surface area contributed by atoms with Gasteiger partial charge in [0.25, 0.3) is 0 Å². The number of hydrogen-bond donors (Lipinski definition) is 2. The molecule has 0 amide bonds. The third-order valence-corrected chi connectivity index (χ3v) is 6.70. The Morgan fingerprint density at radius 3 is 2.82 bits per heavy atom. The molecule has 3 rings (SSSR count). The molecule has 0 saturated heterocycles. The van der Waals surface area contributed by atoms with Crippen LogP contribution in [0.3, 0.4) is 0 Å². The Kier molecular flexibility index (Phi) is 6.83. The maximum atomic E-state index is 10.9. The number of benzene rings is 1. The number of carbonyl (C=O) groups is 1. The number of furan rings is 1. The highest BCUT2D eigenvalue weighted by Gasteiger charge is 2.42. The lowest BCUT2D eigenvalue weighted by atomic mass is 9.87. The Morgan fingerprint density at radius 2 is 2.14 bits per heavy atom. The van der Waals surface area contributed by atoms with Crippen LogP contribution in [0.1, 0.15) is 35.6 Å². The van der Waals surface area contributed by atoms with Crippen molar-refractivity contribution in [1.82, 2.24) is 0 Å².